The van der Waals surface area contributed by atoms with Crippen molar-refractivity contribution in [1.29, 1.82) is 0 Å². The molecule has 1 aromatic heterocycles. The number of allylic oxidation sites excluding steroid dienone is 2. The molecule has 12 heteroatoms. The molecular formula is C18H13F7N2O2S. The van der Waals surface area contributed by atoms with Crippen molar-refractivity contribution >= 4 is 21.2 Å². The lowest BCUT2D eigenvalue weighted by Gasteiger charge is -2.34. The highest BCUT2D eigenvalue weighted by Crippen LogP contribution is 2.64. The third-order valence-electron chi connectivity index (χ3n) is 4.97. The van der Waals surface area contributed by atoms with Gasteiger partial charge in [-0.2, -0.15) is 26.3 Å². The van der Waals surface area contributed by atoms with Gasteiger partial charge in [0.25, 0.3) is 0 Å². The number of halogens is 7. The quantitative estimate of drug-likeness (QED) is 0.685. The van der Waals surface area contributed by atoms with Crippen molar-refractivity contribution in [3.8, 4) is 0 Å². The molecule has 162 valence electrons. The van der Waals surface area contributed by atoms with Gasteiger partial charge in [-0.15, -0.1) is 0 Å². The Kier molecular flexibility index (Phi) is 5.22. The van der Waals surface area contributed by atoms with Crippen LogP contribution in [-0.2, 0) is 10.0 Å². The molecule has 0 atom stereocenters. The molecule has 0 unspecified atom stereocenters. The molecule has 30 heavy (non-hydrogen) atoms. The van der Waals surface area contributed by atoms with Gasteiger partial charge in [0.05, 0.1) is 16.8 Å². The summed E-state index contributed by atoms with van der Waals surface area (Å²) in [4.78, 5) is 3.28. The molecule has 2 N–H and O–H groups in total. The summed E-state index contributed by atoms with van der Waals surface area (Å²) in [6.07, 6.45) is -13.4. The maximum absolute atomic E-state index is 13.7. The molecule has 0 radical (unpaired) electrons. The second kappa shape index (κ2) is 7.05. The van der Waals surface area contributed by atoms with Gasteiger partial charge in [-0.25, -0.2) is 17.9 Å². The monoisotopic (exact) mass is 454 g/mol. The smallest absolute Gasteiger partial charge is 0.254 e. The van der Waals surface area contributed by atoms with Crippen molar-refractivity contribution in [2.75, 3.05) is 0 Å². The van der Waals surface area contributed by atoms with Gasteiger partial charge < -0.3 is 0 Å². The Morgan fingerprint density at radius 3 is 1.83 bits per heavy atom. The van der Waals surface area contributed by atoms with E-state index in [0.717, 1.165) is 36.4 Å². The molecule has 0 aliphatic heterocycles. The fourth-order valence-corrected chi connectivity index (χ4v) is 3.88. The Morgan fingerprint density at radius 2 is 1.40 bits per heavy atom. The summed E-state index contributed by atoms with van der Waals surface area (Å²) in [6.45, 7) is 0. The van der Waals surface area contributed by atoms with Gasteiger partial charge in [0.15, 0.2) is 5.41 Å². The first-order valence-corrected chi connectivity index (χ1v) is 9.81. The van der Waals surface area contributed by atoms with E-state index < -0.39 is 46.4 Å². The van der Waals surface area contributed by atoms with Crippen molar-refractivity contribution in [2.45, 2.75) is 30.1 Å². The van der Waals surface area contributed by atoms with Crippen LogP contribution in [0.2, 0.25) is 0 Å². The van der Waals surface area contributed by atoms with E-state index in [1.54, 1.807) is 0 Å². The largest absolute Gasteiger partial charge is 0.403 e. The van der Waals surface area contributed by atoms with Crippen LogP contribution in [0.1, 0.15) is 24.1 Å². The highest BCUT2D eigenvalue weighted by atomic mass is 32.2. The molecule has 0 saturated heterocycles. The van der Waals surface area contributed by atoms with Crippen molar-refractivity contribution in [2.24, 2.45) is 10.6 Å². The maximum Gasteiger partial charge on any atom is 0.403 e. The van der Waals surface area contributed by atoms with E-state index in [-0.39, 0.29) is 27.3 Å². The van der Waals surface area contributed by atoms with Gasteiger partial charge in [-0.05, 0) is 53.8 Å². The summed E-state index contributed by atoms with van der Waals surface area (Å²) in [7, 11) is -4.11. The van der Waals surface area contributed by atoms with Crippen LogP contribution in [-0.4, -0.2) is 25.8 Å². The summed E-state index contributed by atoms with van der Waals surface area (Å²) in [5, 5.41) is 4.97. The number of rotatable bonds is 3. The van der Waals surface area contributed by atoms with Crippen LogP contribution in [0.25, 0.3) is 11.1 Å². The molecule has 4 nitrogen and oxygen atoms in total. The number of hydrogen-bond donors (Lipinski definition) is 1. The van der Waals surface area contributed by atoms with Crippen LogP contribution in [0.15, 0.2) is 47.5 Å². The van der Waals surface area contributed by atoms with E-state index in [0.29, 0.717) is 6.20 Å². The van der Waals surface area contributed by atoms with Gasteiger partial charge >= 0.3 is 12.4 Å². The fraction of sp³-hybridized carbons (Fsp3) is 0.278. The first-order valence-electron chi connectivity index (χ1n) is 8.26. The predicted molar refractivity (Wildman–Crippen MR) is 92.6 cm³/mol. The zero-order valence-corrected chi connectivity index (χ0v) is 15.7. The van der Waals surface area contributed by atoms with E-state index >= 15 is 0 Å². The standard InChI is InChI=1S/C18H13F7N2O2S/c19-11-3-6-15(27-9-11)14-8-16(17(20,21)22,18(23,24)25)7-13(14)10-1-4-12(5-2-10)30(26,28)29/h1-6,9H,7-8H2,(H2,26,28,29). The van der Waals surface area contributed by atoms with Crippen LogP contribution in [0.4, 0.5) is 30.7 Å². The second-order valence-corrected chi connectivity index (χ2v) is 8.38. The number of sulfonamides is 1. The minimum absolute atomic E-state index is 0.0566. The fourth-order valence-electron chi connectivity index (χ4n) is 3.36. The number of nitrogens with two attached hydrogens (primary N) is 1. The minimum Gasteiger partial charge on any atom is -0.254 e. The maximum atomic E-state index is 13.7. The van der Waals surface area contributed by atoms with E-state index in [9.17, 15) is 39.2 Å². The molecule has 1 aliphatic rings. The first-order chi connectivity index (χ1) is 13.7. The summed E-state index contributed by atoms with van der Waals surface area (Å²) in [6, 6.07) is 5.97. The van der Waals surface area contributed by atoms with E-state index in [4.69, 9.17) is 5.14 Å². The Hall–Kier alpha value is -2.47. The molecule has 1 heterocycles. The van der Waals surface area contributed by atoms with Gasteiger partial charge in [0.2, 0.25) is 10.0 Å². The molecule has 0 fully saturated rings. The second-order valence-electron chi connectivity index (χ2n) is 6.82. The number of benzene rings is 1. The number of aromatic nitrogens is 1. The zero-order valence-electron chi connectivity index (χ0n) is 14.9. The lowest BCUT2D eigenvalue weighted by Crippen LogP contribution is -2.48. The third-order valence-corrected chi connectivity index (χ3v) is 5.90. The normalized spacial score (nSPS) is 17.5. The van der Waals surface area contributed by atoms with Crippen molar-refractivity contribution in [1.82, 2.24) is 4.98 Å². The number of hydrogen-bond acceptors (Lipinski definition) is 3. The molecule has 2 aromatic rings. The van der Waals surface area contributed by atoms with Gasteiger partial charge in [0, 0.05) is 0 Å². The number of primary sulfonamides is 1. The van der Waals surface area contributed by atoms with E-state index in [2.05, 4.69) is 4.98 Å². The molecule has 0 spiro atoms. The summed E-state index contributed by atoms with van der Waals surface area (Å²) >= 11 is 0. The van der Waals surface area contributed by atoms with E-state index in [1.165, 1.54) is 0 Å². The molecule has 0 saturated carbocycles. The topological polar surface area (TPSA) is 73.1 Å². The van der Waals surface area contributed by atoms with Gasteiger partial charge in [0.1, 0.15) is 5.82 Å². The number of alkyl halides is 6. The first kappa shape index (κ1) is 22.2. The average molecular weight is 454 g/mol. The van der Waals surface area contributed by atoms with Crippen LogP contribution >= 0.6 is 0 Å². The summed E-state index contributed by atoms with van der Waals surface area (Å²) < 4.78 is 118. The molecule has 3 rings (SSSR count). The number of pyridine rings is 1. The Balaban J connectivity index is 2.20. The number of nitrogens with zero attached hydrogens (tertiary/aromatic N) is 1. The van der Waals surface area contributed by atoms with E-state index in [1.807, 2.05) is 0 Å². The lowest BCUT2D eigenvalue weighted by atomic mass is 9.81. The summed E-state index contributed by atoms with van der Waals surface area (Å²) in [5.41, 5.74) is -5.02. The average Bonchev–Trinajstić information content (AvgIpc) is 3.04. The highest BCUT2D eigenvalue weighted by Gasteiger charge is 2.72. The van der Waals surface area contributed by atoms with Crippen molar-refractivity contribution in [3.05, 3.63) is 59.7 Å². The lowest BCUT2D eigenvalue weighted by molar-refractivity contribution is -0.335. The SMILES string of the molecule is NS(=O)(=O)c1ccc(C2=C(c3ccc(F)cn3)CC(C(F)(F)F)(C(F)(F)F)C2)cc1. The molecule has 0 amide bonds. The van der Waals surface area contributed by atoms with Gasteiger partial charge in [-0.3, -0.25) is 4.98 Å². The van der Waals surface area contributed by atoms with Crippen LogP contribution in [0.3, 0.4) is 0 Å². The Labute approximate surface area is 166 Å². The molecule has 1 aliphatic carbocycles. The van der Waals surface area contributed by atoms with Crippen molar-refractivity contribution < 1.29 is 39.2 Å². The Morgan fingerprint density at radius 1 is 0.867 bits per heavy atom. The van der Waals surface area contributed by atoms with Crippen LogP contribution in [0, 0.1) is 11.2 Å². The summed E-state index contributed by atoms with van der Waals surface area (Å²) in [5.74, 6) is -0.811. The highest BCUT2D eigenvalue weighted by molar-refractivity contribution is 7.89. The third kappa shape index (κ3) is 3.81. The molecule has 1 aromatic carbocycles. The molecular weight excluding hydrogens is 441 g/mol. The zero-order chi connectivity index (χ0) is 22.5. The molecule has 0 bridgehead atoms. The Bertz CT molecular complexity index is 1070. The minimum atomic E-state index is -5.63. The van der Waals surface area contributed by atoms with Crippen LogP contribution in [0.5, 0.6) is 0 Å². The van der Waals surface area contributed by atoms with Crippen LogP contribution < -0.4 is 5.14 Å². The van der Waals surface area contributed by atoms with Gasteiger partial charge in [-0.1, -0.05) is 12.1 Å². The van der Waals surface area contributed by atoms with Crippen molar-refractivity contribution in [3.63, 3.8) is 0 Å². The predicted octanol–water partition coefficient (Wildman–Crippen LogP) is 4.68.